The van der Waals surface area contributed by atoms with E-state index in [0.29, 0.717) is 18.5 Å². The van der Waals surface area contributed by atoms with Gasteiger partial charge in [-0.15, -0.1) is 0 Å². The van der Waals surface area contributed by atoms with Crippen LogP contribution in [-0.4, -0.2) is 28.0 Å². The first kappa shape index (κ1) is 15.8. The molecule has 4 nitrogen and oxygen atoms in total. The second-order valence-corrected chi connectivity index (χ2v) is 6.26. The maximum atomic E-state index is 9.93. The maximum absolute atomic E-state index is 9.93. The van der Waals surface area contributed by atoms with Gasteiger partial charge in [0.05, 0.1) is 11.7 Å². The van der Waals surface area contributed by atoms with Crippen molar-refractivity contribution in [2.75, 3.05) is 6.54 Å². The predicted molar refractivity (Wildman–Crippen MR) is 76.3 cm³/mol. The maximum Gasteiger partial charge on any atom is 0.124 e. The minimum atomic E-state index is -0.449. The van der Waals surface area contributed by atoms with Gasteiger partial charge in [0.15, 0.2) is 0 Å². The van der Waals surface area contributed by atoms with Crippen LogP contribution in [0.2, 0.25) is 0 Å². The summed E-state index contributed by atoms with van der Waals surface area (Å²) < 4.78 is 0. The number of nitrogens with one attached hydrogen (secondary N) is 1. The first-order valence-electron chi connectivity index (χ1n) is 6.63. The summed E-state index contributed by atoms with van der Waals surface area (Å²) >= 11 is 0. The average Bonchev–Trinajstić information content (AvgIpc) is 2.23. The number of benzene rings is 1. The highest BCUT2D eigenvalue weighted by Gasteiger charge is 2.19. The Morgan fingerprint density at radius 1 is 1.16 bits per heavy atom. The summed E-state index contributed by atoms with van der Waals surface area (Å²) in [4.78, 5) is 0. The molecule has 2 atom stereocenters. The summed E-state index contributed by atoms with van der Waals surface area (Å²) in [5.41, 5.74) is 0.534. The second-order valence-electron chi connectivity index (χ2n) is 6.26. The van der Waals surface area contributed by atoms with Crippen LogP contribution < -0.4 is 5.32 Å². The van der Waals surface area contributed by atoms with Gasteiger partial charge in [-0.1, -0.05) is 26.8 Å². The topological polar surface area (TPSA) is 72.7 Å². The Hall–Kier alpha value is -1.26. The number of aliphatic hydroxyl groups excluding tert-OH is 1. The zero-order valence-electron chi connectivity index (χ0n) is 12.1. The van der Waals surface area contributed by atoms with E-state index in [9.17, 15) is 15.3 Å². The Balaban J connectivity index is 2.59. The summed E-state index contributed by atoms with van der Waals surface area (Å²) in [6.45, 7) is 8.50. The molecule has 1 aromatic carbocycles. The molecule has 0 saturated carbocycles. The van der Waals surface area contributed by atoms with Gasteiger partial charge < -0.3 is 20.6 Å². The Kier molecular flexibility index (Phi) is 5.20. The van der Waals surface area contributed by atoms with Crippen LogP contribution >= 0.6 is 0 Å². The normalized spacial score (nSPS) is 15.2. The molecule has 0 heterocycles. The fraction of sp³-hybridized carbons (Fsp3) is 0.600. The van der Waals surface area contributed by atoms with E-state index in [2.05, 4.69) is 26.1 Å². The molecular weight excluding hydrogens is 242 g/mol. The zero-order valence-corrected chi connectivity index (χ0v) is 12.1. The SMILES string of the molecule is CC(NCC(O)CC(C)(C)C)c1c(O)cccc1O. The quantitative estimate of drug-likeness (QED) is 0.661. The van der Waals surface area contributed by atoms with Crippen LogP contribution in [0.3, 0.4) is 0 Å². The molecule has 0 aromatic heterocycles. The third kappa shape index (κ3) is 5.09. The molecule has 0 bridgehead atoms. The first-order valence-corrected chi connectivity index (χ1v) is 6.63. The van der Waals surface area contributed by atoms with Crippen LogP contribution in [0.25, 0.3) is 0 Å². The number of phenolic OH excluding ortho intramolecular Hbond substituents is 2. The molecule has 0 aliphatic carbocycles. The van der Waals surface area contributed by atoms with Crippen molar-refractivity contribution in [3.8, 4) is 11.5 Å². The summed E-state index contributed by atoms with van der Waals surface area (Å²) in [5.74, 6) is 0.121. The standard InChI is InChI=1S/C15H25NO3/c1-10(14-12(18)6-5-7-13(14)19)16-9-11(17)8-15(2,3)4/h5-7,10-11,16-19H,8-9H2,1-4H3. The average molecular weight is 267 g/mol. The van der Waals surface area contributed by atoms with Gasteiger partial charge in [0.2, 0.25) is 0 Å². The number of phenols is 2. The largest absolute Gasteiger partial charge is 0.507 e. The van der Waals surface area contributed by atoms with Gasteiger partial charge in [-0.3, -0.25) is 0 Å². The van der Waals surface area contributed by atoms with Crippen LogP contribution in [0.4, 0.5) is 0 Å². The molecule has 0 radical (unpaired) electrons. The summed E-state index contributed by atoms with van der Waals surface area (Å²) in [5, 5.41) is 32.6. The second kappa shape index (κ2) is 6.26. The van der Waals surface area contributed by atoms with Gasteiger partial charge in [0.1, 0.15) is 11.5 Å². The van der Waals surface area contributed by atoms with Crippen molar-refractivity contribution in [1.29, 1.82) is 0 Å². The Bertz CT molecular complexity index is 392. The van der Waals surface area contributed by atoms with Gasteiger partial charge in [0.25, 0.3) is 0 Å². The van der Waals surface area contributed by atoms with E-state index in [-0.39, 0.29) is 23.0 Å². The van der Waals surface area contributed by atoms with Crippen molar-refractivity contribution in [3.63, 3.8) is 0 Å². The molecule has 19 heavy (non-hydrogen) atoms. The predicted octanol–water partition coefficient (Wildman–Crippen LogP) is 2.55. The smallest absolute Gasteiger partial charge is 0.124 e. The fourth-order valence-corrected chi connectivity index (χ4v) is 2.18. The van der Waals surface area contributed by atoms with Gasteiger partial charge in [0, 0.05) is 12.6 Å². The van der Waals surface area contributed by atoms with Gasteiger partial charge in [-0.05, 0) is 30.9 Å². The lowest BCUT2D eigenvalue weighted by atomic mass is 9.89. The Morgan fingerprint density at radius 2 is 1.68 bits per heavy atom. The molecule has 108 valence electrons. The van der Waals surface area contributed by atoms with Crippen molar-refractivity contribution < 1.29 is 15.3 Å². The lowest BCUT2D eigenvalue weighted by Crippen LogP contribution is -2.31. The highest BCUT2D eigenvalue weighted by atomic mass is 16.3. The summed E-state index contributed by atoms with van der Waals surface area (Å²) in [7, 11) is 0. The third-order valence-corrected chi connectivity index (χ3v) is 3.00. The molecule has 1 aromatic rings. The molecule has 0 saturated heterocycles. The van der Waals surface area contributed by atoms with Gasteiger partial charge in [-0.2, -0.15) is 0 Å². The van der Waals surface area contributed by atoms with Crippen molar-refractivity contribution in [1.82, 2.24) is 5.32 Å². The number of aromatic hydroxyl groups is 2. The van der Waals surface area contributed by atoms with Crippen molar-refractivity contribution >= 4 is 0 Å². The lowest BCUT2D eigenvalue weighted by Gasteiger charge is -2.24. The van der Waals surface area contributed by atoms with Crippen molar-refractivity contribution in [3.05, 3.63) is 23.8 Å². The number of aliphatic hydroxyl groups is 1. The number of rotatable bonds is 5. The summed E-state index contributed by atoms with van der Waals surface area (Å²) in [6, 6.07) is 4.45. The van der Waals surface area contributed by atoms with Crippen LogP contribution in [0.5, 0.6) is 11.5 Å². The number of hydrogen-bond acceptors (Lipinski definition) is 4. The molecule has 4 heteroatoms. The van der Waals surface area contributed by atoms with Crippen LogP contribution in [0, 0.1) is 5.41 Å². The molecule has 4 N–H and O–H groups in total. The monoisotopic (exact) mass is 267 g/mol. The van der Waals surface area contributed by atoms with Crippen LogP contribution in [0.1, 0.15) is 45.7 Å². The van der Waals surface area contributed by atoms with E-state index in [4.69, 9.17) is 0 Å². The highest BCUT2D eigenvalue weighted by Crippen LogP contribution is 2.32. The van der Waals surface area contributed by atoms with Crippen LogP contribution in [0.15, 0.2) is 18.2 Å². The Morgan fingerprint density at radius 3 is 2.16 bits per heavy atom. The van der Waals surface area contributed by atoms with Crippen molar-refractivity contribution in [2.24, 2.45) is 5.41 Å². The van der Waals surface area contributed by atoms with Gasteiger partial charge >= 0.3 is 0 Å². The van der Waals surface area contributed by atoms with E-state index in [1.54, 1.807) is 18.2 Å². The van der Waals surface area contributed by atoms with E-state index in [0.717, 1.165) is 0 Å². The molecule has 1 rings (SSSR count). The minimum Gasteiger partial charge on any atom is -0.507 e. The molecule has 0 amide bonds. The van der Waals surface area contributed by atoms with Crippen molar-refractivity contribution in [2.45, 2.75) is 46.3 Å². The third-order valence-electron chi connectivity index (χ3n) is 3.00. The van der Waals surface area contributed by atoms with E-state index < -0.39 is 6.10 Å². The molecule has 0 fully saturated rings. The Labute approximate surface area is 115 Å². The first-order chi connectivity index (χ1) is 8.70. The highest BCUT2D eigenvalue weighted by molar-refractivity contribution is 5.44. The molecule has 2 unspecified atom stereocenters. The zero-order chi connectivity index (χ0) is 14.6. The van der Waals surface area contributed by atoms with Crippen LogP contribution in [-0.2, 0) is 0 Å². The van der Waals surface area contributed by atoms with E-state index in [1.165, 1.54) is 0 Å². The molecular formula is C15H25NO3. The van der Waals surface area contributed by atoms with Gasteiger partial charge in [-0.25, -0.2) is 0 Å². The molecule has 0 aliphatic heterocycles. The minimum absolute atomic E-state index is 0.0605. The van der Waals surface area contributed by atoms with E-state index >= 15 is 0 Å². The van der Waals surface area contributed by atoms with E-state index in [1.807, 2.05) is 6.92 Å². The summed E-state index contributed by atoms with van der Waals surface area (Å²) in [6.07, 6.45) is 0.245. The molecule has 0 spiro atoms. The fourth-order valence-electron chi connectivity index (χ4n) is 2.18. The number of hydrogen-bond donors (Lipinski definition) is 4. The lowest BCUT2D eigenvalue weighted by molar-refractivity contribution is 0.117. The molecule has 0 aliphatic rings.